The van der Waals surface area contributed by atoms with Gasteiger partial charge in [0.05, 0.1) is 13.1 Å². The minimum Gasteiger partial charge on any atom is -0.460 e. The highest BCUT2D eigenvalue weighted by Crippen LogP contribution is 2.28. The summed E-state index contributed by atoms with van der Waals surface area (Å²) in [5.41, 5.74) is 3.90. The molecular weight excluding hydrogens is 596 g/mol. The van der Waals surface area contributed by atoms with Gasteiger partial charge in [0.25, 0.3) is 0 Å². The van der Waals surface area contributed by atoms with Crippen molar-refractivity contribution in [2.75, 3.05) is 39.3 Å². The maximum absolute atomic E-state index is 13.0. The van der Waals surface area contributed by atoms with Gasteiger partial charge < -0.3 is 9.47 Å². The number of benzene rings is 2. The predicted molar refractivity (Wildman–Crippen MR) is 201 cm³/mol. The molecule has 0 bridgehead atoms. The van der Waals surface area contributed by atoms with Crippen molar-refractivity contribution in [1.82, 2.24) is 9.80 Å². The Balaban J connectivity index is 2.00. The topological polar surface area (TPSA) is 59.1 Å². The summed E-state index contributed by atoms with van der Waals surface area (Å²) in [4.78, 5) is 30.6. The molecule has 0 amide bonds. The second kappa shape index (κ2) is 27.2. The van der Waals surface area contributed by atoms with Crippen LogP contribution >= 0.6 is 0 Å². The van der Waals surface area contributed by atoms with Crippen LogP contribution in [0.25, 0.3) is 11.1 Å². The summed E-state index contributed by atoms with van der Waals surface area (Å²) in [6.07, 6.45) is 19.1. The number of nitrogens with zero attached hydrogens (tertiary/aromatic N) is 2. The lowest BCUT2D eigenvalue weighted by atomic mass is 9.96. The molecule has 6 heteroatoms. The van der Waals surface area contributed by atoms with Gasteiger partial charge in [0.2, 0.25) is 0 Å². The van der Waals surface area contributed by atoms with E-state index < -0.39 is 0 Å². The fourth-order valence-corrected chi connectivity index (χ4v) is 6.18. The minimum atomic E-state index is -0.175. The molecule has 0 fully saturated rings. The lowest BCUT2D eigenvalue weighted by Gasteiger charge is -2.22. The number of ether oxygens (including phenoxy) is 2. The molecule has 0 aromatic heterocycles. The van der Waals surface area contributed by atoms with Crippen LogP contribution < -0.4 is 0 Å². The zero-order chi connectivity index (χ0) is 34.7. The molecule has 48 heavy (non-hydrogen) atoms. The molecule has 0 unspecified atom stereocenters. The molecule has 270 valence electrons. The number of esters is 2. The summed E-state index contributed by atoms with van der Waals surface area (Å²) in [6, 6.07) is 16.1. The van der Waals surface area contributed by atoms with Crippen LogP contribution in [0, 0.1) is 0 Å². The molecule has 0 aliphatic rings. The first-order valence-electron chi connectivity index (χ1n) is 19.4. The van der Waals surface area contributed by atoms with Gasteiger partial charge in [-0.25, -0.2) is 0 Å². The van der Waals surface area contributed by atoms with Gasteiger partial charge in [0, 0.05) is 0 Å². The van der Waals surface area contributed by atoms with Crippen molar-refractivity contribution in [1.29, 1.82) is 0 Å². The average Bonchev–Trinajstić information content (AvgIpc) is 3.10. The number of hydrogen-bond acceptors (Lipinski definition) is 6. The summed E-state index contributed by atoms with van der Waals surface area (Å²) < 4.78 is 11.8. The predicted octanol–water partition coefficient (Wildman–Crippen LogP) is 10.4. The van der Waals surface area contributed by atoms with Gasteiger partial charge in [-0.05, 0) is 74.1 Å². The molecular formula is C42H68N2O4. The number of carbonyl (C=O) groups excluding carboxylic acids is 2. The quantitative estimate of drug-likeness (QED) is 0.0637. The standard InChI is InChI=1S/C42H68N2O4/c1-5-9-13-15-23-31-43(29-21-11-7-3)33-41(45)47-35-37-25-17-19-27-39(37)40-28-20-18-26-38(40)36-48-42(46)34-44(30-22-12-8-4)32-24-16-14-10-6-2/h17-20,25-28H,5-16,21-24,29-36H2,1-4H3. The highest BCUT2D eigenvalue weighted by molar-refractivity contribution is 5.74. The third-order valence-electron chi connectivity index (χ3n) is 9.12. The summed E-state index contributed by atoms with van der Waals surface area (Å²) in [5, 5.41) is 0. The first-order chi connectivity index (χ1) is 23.5. The highest BCUT2D eigenvalue weighted by atomic mass is 16.5. The van der Waals surface area contributed by atoms with E-state index in [1.807, 2.05) is 36.4 Å². The molecule has 0 atom stereocenters. The molecule has 0 aliphatic carbocycles. The monoisotopic (exact) mass is 665 g/mol. The summed E-state index contributed by atoms with van der Waals surface area (Å²) in [7, 11) is 0. The van der Waals surface area contributed by atoms with Crippen LogP contribution in [0.4, 0.5) is 0 Å². The van der Waals surface area contributed by atoms with Crippen molar-refractivity contribution >= 4 is 11.9 Å². The van der Waals surface area contributed by atoms with Crippen LogP contribution in [-0.4, -0.2) is 61.0 Å². The van der Waals surface area contributed by atoms with Crippen LogP contribution in [-0.2, 0) is 32.3 Å². The van der Waals surface area contributed by atoms with E-state index in [1.54, 1.807) is 0 Å². The van der Waals surface area contributed by atoms with Gasteiger partial charge >= 0.3 is 11.9 Å². The summed E-state index contributed by atoms with van der Waals surface area (Å²) >= 11 is 0. The number of carbonyl (C=O) groups is 2. The molecule has 0 spiro atoms. The smallest absolute Gasteiger partial charge is 0.320 e. The Morgan fingerprint density at radius 1 is 0.458 bits per heavy atom. The molecule has 2 aromatic carbocycles. The number of rotatable bonds is 29. The Morgan fingerprint density at radius 2 is 0.771 bits per heavy atom. The molecule has 2 rings (SSSR count). The second-order valence-electron chi connectivity index (χ2n) is 13.4. The van der Waals surface area contributed by atoms with Gasteiger partial charge in [0.1, 0.15) is 13.2 Å². The zero-order valence-electron chi connectivity index (χ0n) is 31.1. The molecule has 6 nitrogen and oxygen atoms in total. The fraction of sp³-hybridized carbons (Fsp3) is 0.667. The van der Waals surface area contributed by atoms with Crippen molar-refractivity contribution in [2.45, 2.75) is 144 Å². The van der Waals surface area contributed by atoms with E-state index >= 15 is 0 Å². The van der Waals surface area contributed by atoms with Crippen molar-refractivity contribution < 1.29 is 19.1 Å². The number of unbranched alkanes of at least 4 members (excludes halogenated alkanes) is 12. The van der Waals surface area contributed by atoms with Crippen LogP contribution in [0.15, 0.2) is 48.5 Å². The first-order valence-corrected chi connectivity index (χ1v) is 19.4. The SMILES string of the molecule is CCCCCCCN(CCCCC)CC(=O)OCc1ccccc1-c1ccccc1COC(=O)CN(CCCCC)CCCCCCC. The van der Waals surface area contributed by atoms with Gasteiger partial charge in [-0.2, -0.15) is 0 Å². The lowest BCUT2D eigenvalue weighted by Crippen LogP contribution is -2.33. The zero-order valence-corrected chi connectivity index (χ0v) is 31.1. The van der Waals surface area contributed by atoms with Crippen molar-refractivity contribution in [3.8, 4) is 11.1 Å². The van der Waals surface area contributed by atoms with E-state index in [1.165, 1.54) is 77.0 Å². The van der Waals surface area contributed by atoms with Crippen molar-refractivity contribution in [3.05, 3.63) is 59.7 Å². The average molecular weight is 665 g/mol. The summed E-state index contributed by atoms with van der Waals surface area (Å²) in [6.45, 7) is 13.8. The minimum absolute atomic E-state index is 0.175. The van der Waals surface area contributed by atoms with Gasteiger partial charge in [-0.3, -0.25) is 19.4 Å². The van der Waals surface area contributed by atoms with Crippen LogP contribution in [0.1, 0.15) is 142 Å². The van der Waals surface area contributed by atoms with Gasteiger partial charge in [0.15, 0.2) is 0 Å². The van der Waals surface area contributed by atoms with E-state index in [9.17, 15) is 9.59 Å². The molecule has 0 saturated carbocycles. The van der Waals surface area contributed by atoms with E-state index in [0.29, 0.717) is 13.1 Å². The molecule has 0 radical (unpaired) electrons. The molecule has 0 saturated heterocycles. The Bertz CT molecular complexity index is 1030. The maximum atomic E-state index is 13.0. The molecule has 0 heterocycles. The third-order valence-corrected chi connectivity index (χ3v) is 9.12. The largest absolute Gasteiger partial charge is 0.460 e. The van der Waals surface area contributed by atoms with Gasteiger partial charge in [-0.15, -0.1) is 0 Å². The van der Waals surface area contributed by atoms with E-state index in [2.05, 4.69) is 49.6 Å². The van der Waals surface area contributed by atoms with E-state index in [4.69, 9.17) is 9.47 Å². The molecule has 0 N–H and O–H groups in total. The van der Waals surface area contributed by atoms with Crippen LogP contribution in [0.3, 0.4) is 0 Å². The van der Waals surface area contributed by atoms with E-state index in [0.717, 1.165) is 74.1 Å². The van der Waals surface area contributed by atoms with Gasteiger partial charge in [-0.1, -0.05) is 153 Å². The number of hydrogen-bond donors (Lipinski definition) is 0. The maximum Gasteiger partial charge on any atom is 0.320 e. The normalized spacial score (nSPS) is 11.4. The first kappa shape index (κ1) is 41.5. The Hall–Kier alpha value is -2.70. The third kappa shape index (κ3) is 18.2. The van der Waals surface area contributed by atoms with E-state index in [-0.39, 0.29) is 25.2 Å². The Morgan fingerprint density at radius 3 is 1.15 bits per heavy atom. The van der Waals surface area contributed by atoms with Crippen LogP contribution in [0.5, 0.6) is 0 Å². The molecule has 0 aliphatic heterocycles. The Kier molecular flexibility index (Phi) is 23.5. The lowest BCUT2D eigenvalue weighted by molar-refractivity contribution is -0.147. The fourth-order valence-electron chi connectivity index (χ4n) is 6.18. The second-order valence-corrected chi connectivity index (χ2v) is 13.4. The van der Waals surface area contributed by atoms with Crippen molar-refractivity contribution in [3.63, 3.8) is 0 Å². The summed E-state index contributed by atoms with van der Waals surface area (Å²) in [5.74, 6) is -0.350. The van der Waals surface area contributed by atoms with Crippen molar-refractivity contribution in [2.24, 2.45) is 0 Å². The Labute approximate surface area is 294 Å². The molecule has 2 aromatic rings. The highest BCUT2D eigenvalue weighted by Gasteiger charge is 2.16. The van der Waals surface area contributed by atoms with Crippen LogP contribution in [0.2, 0.25) is 0 Å².